The van der Waals surface area contributed by atoms with Crippen molar-refractivity contribution in [3.8, 4) is 5.75 Å². The SMILES string of the molecule is NC(=O)C1c2ccc([N+](=O)[O-])c(O)c2C(O)=C2C(=O)C3(O)C(=O)CC(O)CC3CC21. The molecule has 0 aromatic heterocycles. The number of carbonyl (C=O) groups excluding carboxylic acids is 3. The van der Waals surface area contributed by atoms with Crippen molar-refractivity contribution in [2.75, 3.05) is 0 Å². The number of ketones is 2. The molecule has 0 radical (unpaired) electrons. The van der Waals surface area contributed by atoms with E-state index >= 15 is 0 Å². The third-order valence-corrected chi connectivity index (χ3v) is 6.42. The Morgan fingerprint density at radius 1 is 1.23 bits per heavy atom. The Kier molecular flexibility index (Phi) is 4.22. The van der Waals surface area contributed by atoms with Gasteiger partial charge in [0.2, 0.25) is 17.4 Å². The number of fused-ring (bicyclic) bond motifs is 3. The molecule has 5 unspecified atom stereocenters. The summed E-state index contributed by atoms with van der Waals surface area (Å²) in [4.78, 5) is 48.2. The fourth-order valence-electron chi connectivity index (χ4n) is 5.10. The number of phenols is 1. The summed E-state index contributed by atoms with van der Waals surface area (Å²) < 4.78 is 0. The lowest BCUT2D eigenvalue weighted by atomic mass is 9.56. The third-order valence-electron chi connectivity index (χ3n) is 6.42. The smallest absolute Gasteiger partial charge is 0.311 e. The molecule has 158 valence electrons. The van der Waals surface area contributed by atoms with Crippen molar-refractivity contribution in [3.05, 3.63) is 38.9 Å². The molecule has 11 nitrogen and oxygen atoms in total. The number of hydrogen-bond acceptors (Lipinski definition) is 9. The van der Waals surface area contributed by atoms with Gasteiger partial charge in [0.15, 0.2) is 11.4 Å². The van der Waals surface area contributed by atoms with Gasteiger partial charge in [-0.1, -0.05) is 6.07 Å². The number of nitrogens with zero attached hydrogens (tertiary/aromatic N) is 1. The van der Waals surface area contributed by atoms with Crippen LogP contribution < -0.4 is 5.73 Å². The van der Waals surface area contributed by atoms with Crippen LogP contribution in [0.25, 0.3) is 5.76 Å². The van der Waals surface area contributed by atoms with Crippen molar-refractivity contribution in [3.63, 3.8) is 0 Å². The van der Waals surface area contributed by atoms with Crippen LogP contribution >= 0.6 is 0 Å². The summed E-state index contributed by atoms with van der Waals surface area (Å²) >= 11 is 0. The second-order valence-electron chi connectivity index (χ2n) is 7.95. The molecule has 0 spiro atoms. The number of rotatable bonds is 2. The van der Waals surface area contributed by atoms with Gasteiger partial charge in [0, 0.05) is 29.9 Å². The van der Waals surface area contributed by atoms with Crippen molar-refractivity contribution >= 4 is 28.9 Å². The van der Waals surface area contributed by atoms with Gasteiger partial charge in [-0.25, -0.2) is 0 Å². The fraction of sp³-hybridized carbons (Fsp3) is 0.421. The molecule has 2 saturated carbocycles. The van der Waals surface area contributed by atoms with Gasteiger partial charge in [0.05, 0.1) is 22.5 Å². The van der Waals surface area contributed by atoms with Crippen molar-refractivity contribution in [1.29, 1.82) is 0 Å². The Bertz CT molecular complexity index is 1060. The van der Waals surface area contributed by atoms with E-state index in [1.54, 1.807) is 0 Å². The highest BCUT2D eigenvalue weighted by atomic mass is 16.6. The summed E-state index contributed by atoms with van der Waals surface area (Å²) in [6.07, 6.45) is -1.70. The standard InChI is InChI=1S/C19H18N2O9/c20-18(27)12-8-1-2-10(21(29)30)15(24)13(8)16(25)14-9(12)4-6-3-7(22)5-11(23)19(6,28)17(14)26/h1-2,6-7,9,12,22,24-25,28H,3-5H2,(H2,20,27). The van der Waals surface area contributed by atoms with E-state index in [9.17, 15) is 44.9 Å². The summed E-state index contributed by atoms with van der Waals surface area (Å²) in [6.45, 7) is 0. The van der Waals surface area contributed by atoms with Crippen LogP contribution in [-0.2, 0) is 14.4 Å². The Hall–Kier alpha value is -3.31. The van der Waals surface area contributed by atoms with Crippen molar-refractivity contribution < 1.29 is 39.7 Å². The molecular weight excluding hydrogens is 400 g/mol. The number of Topliss-reactive ketones (excluding diaryl/α,β-unsaturated/α-hetero) is 2. The lowest BCUT2D eigenvalue weighted by molar-refractivity contribution is -0.385. The van der Waals surface area contributed by atoms with Crippen molar-refractivity contribution in [2.45, 2.75) is 36.9 Å². The first-order valence-corrected chi connectivity index (χ1v) is 9.21. The summed E-state index contributed by atoms with van der Waals surface area (Å²) in [5.41, 5.74) is 1.28. The number of carbonyl (C=O) groups is 3. The molecule has 2 fully saturated rings. The van der Waals surface area contributed by atoms with Crippen LogP contribution in [0.3, 0.4) is 0 Å². The number of nitro groups is 1. The first-order chi connectivity index (χ1) is 14.0. The highest BCUT2D eigenvalue weighted by molar-refractivity contribution is 6.21. The van der Waals surface area contributed by atoms with E-state index in [4.69, 9.17) is 5.73 Å². The maximum absolute atomic E-state index is 13.2. The van der Waals surface area contributed by atoms with Gasteiger partial charge in [0.25, 0.3) is 0 Å². The monoisotopic (exact) mass is 418 g/mol. The van der Waals surface area contributed by atoms with E-state index in [2.05, 4.69) is 0 Å². The Balaban J connectivity index is 1.99. The Morgan fingerprint density at radius 3 is 2.50 bits per heavy atom. The predicted octanol–water partition coefficient (Wildman–Crippen LogP) is -0.188. The number of aliphatic hydroxyl groups is 3. The first kappa shape index (κ1) is 20.0. The second-order valence-corrected chi connectivity index (χ2v) is 7.95. The summed E-state index contributed by atoms with van der Waals surface area (Å²) in [7, 11) is 0. The molecule has 30 heavy (non-hydrogen) atoms. The van der Waals surface area contributed by atoms with Crippen LogP contribution in [0, 0.1) is 22.0 Å². The quantitative estimate of drug-likeness (QED) is 0.245. The Labute approximate surface area is 168 Å². The minimum Gasteiger partial charge on any atom is -0.507 e. The van der Waals surface area contributed by atoms with Gasteiger partial charge in [-0.2, -0.15) is 0 Å². The number of nitro benzene ring substituents is 1. The minimum atomic E-state index is -2.50. The fourth-order valence-corrected chi connectivity index (χ4v) is 5.10. The average Bonchev–Trinajstić information content (AvgIpc) is 2.64. The number of nitrogens with two attached hydrogens (primary N) is 1. The average molecular weight is 418 g/mol. The van der Waals surface area contributed by atoms with E-state index in [1.165, 1.54) is 6.07 Å². The lowest BCUT2D eigenvalue weighted by Crippen LogP contribution is -2.62. The van der Waals surface area contributed by atoms with E-state index in [0.717, 1.165) is 6.07 Å². The van der Waals surface area contributed by atoms with E-state index in [0.29, 0.717) is 0 Å². The zero-order valence-corrected chi connectivity index (χ0v) is 15.4. The van der Waals surface area contributed by atoms with Gasteiger partial charge in [-0.15, -0.1) is 0 Å². The molecule has 3 aliphatic carbocycles. The number of phenolic OH excluding ortho intramolecular Hbond substituents is 1. The summed E-state index contributed by atoms with van der Waals surface area (Å²) in [5, 5.41) is 53.2. The Morgan fingerprint density at radius 2 is 1.90 bits per heavy atom. The number of amides is 1. The molecule has 0 heterocycles. The van der Waals surface area contributed by atoms with Crippen LogP contribution in [0.4, 0.5) is 5.69 Å². The number of aromatic hydroxyl groups is 1. The lowest BCUT2D eigenvalue weighted by Gasteiger charge is -2.48. The summed E-state index contributed by atoms with van der Waals surface area (Å²) in [6, 6.07) is 2.12. The van der Waals surface area contributed by atoms with Crippen LogP contribution in [0.2, 0.25) is 0 Å². The van der Waals surface area contributed by atoms with Gasteiger partial charge in [0.1, 0.15) is 5.76 Å². The second kappa shape index (κ2) is 6.34. The van der Waals surface area contributed by atoms with Gasteiger partial charge in [-0.05, 0) is 18.4 Å². The van der Waals surface area contributed by atoms with Gasteiger partial charge < -0.3 is 26.2 Å². The third kappa shape index (κ3) is 2.42. The summed E-state index contributed by atoms with van der Waals surface area (Å²) in [5.74, 6) is -8.07. The molecule has 1 amide bonds. The predicted molar refractivity (Wildman–Crippen MR) is 98.0 cm³/mol. The van der Waals surface area contributed by atoms with E-state index in [-0.39, 0.29) is 18.4 Å². The van der Waals surface area contributed by atoms with Gasteiger partial charge in [-0.3, -0.25) is 24.5 Å². The van der Waals surface area contributed by atoms with Crippen LogP contribution in [0.15, 0.2) is 17.7 Å². The number of benzene rings is 1. The zero-order chi connectivity index (χ0) is 22.1. The van der Waals surface area contributed by atoms with Crippen LogP contribution in [0.1, 0.15) is 36.3 Å². The largest absolute Gasteiger partial charge is 0.507 e. The molecule has 0 aliphatic heterocycles. The number of aliphatic hydroxyl groups excluding tert-OH is 2. The molecular formula is C19H18N2O9. The molecule has 0 saturated heterocycles. The van der Waals surface area contributed by atoms with E-state index in [1.807, 2.05) is 0 Å². The van der Waals surface area contributed by atoms with Gasteiger partial charge >= 0.3 is 5.69 Å². The molecule has 5 atom stereocenters. The van der Waals surface area contributed by atoms with Crippen LogP contribution in [0.5, 0.6) is 5.75 Å². The van der Waals surface area contributed by atoms with E-state index < -0.39 is 86.6 Å². The first-order valence-electron chi connectivity index (χ1n) is 9.21. The molecule has 0 bridgehead atoms. The maximum Gasteiger partial charge on any atom is 0.311 e. The normalized spacial score (nSPS) is 32.9. The highest BCUT2D eigenvalue weighted by Crippen LogP contribution is 2.55. The zero-order valence-electron chi connectivity index (χ0n) is 15.4. The number of primary amides is 1. The topological polar surface area (TPSA) is 201 Å². The maximum atomic E-state index is 13.2. The molecule has 4 rings (SSSR count). The molecule has 1 aromatic carbocycles. The highest BCUT2D eigenvalue weighted by Gasteiger charge is 2.62. The number of hydrogen-bond donors (Lipinski definition) is 5. The molecule has 11 heteroatoms. The molecule has 3 aliphatic rings. The van der Waals surface area contributed by atoms with Crippen molar-refractivity contribution in [1.82, 2.24) is 0 Å². The molecule has 1 aromatic rings. The van der Waals surface area contributed by atoms with Crippen molar-refractivity contribution in [2.24, 2.45) is 17.6 Å². The minimum absolute atomic E-state index is 0.00206. The molecule has 6 N–H and O–H groups in total. The van der Waals surface area contributed by atoms with Crippen LogP contribution in [-0.4, -0.2) is 54.5 Å².